The Kier molecular flexibility index (Phi) is 6.47. The molecule has 1 aliphatic heterocycles. The molecule has 1 aliphatic rings. The van der Waals surface area contributed by atoms with Crippen LogP contribution in [-0.2, 0) is 19.0 Å². The van der Waals surface area contributed by atoms with Crippen LogP contribution < -0.4 is 0 Å². The molecule has 0 aromatic rings. The molecule has 1 rings (SSSR count). The molecule has 0 radical (unpaired) electrons. The Morgan fingerprint density at radius 2 is 1.75 bits per heavy atom. The third-order valence-corrected chi connectivity index (χ3v) is 2.55. The first kappa shape index (κ1) is 18.7. The Balaban J connectivity index is 0.00000172. The van der Waals surface area contributed by atoms with Crippen LogP contribution in [-0.4, -0.2) is 48.0 Å². The SMILES string of the molecule is CC.COC(=O)C1COC(C)(C)N1C(=O)OC(C)(C)C. The summed E-state index contributed by atoms with van der Waals surface area (Å²) in [6.45, 7) is 12.8. The van der Waals surface area contributed by atoms with Crippen LogP contribution in [0.5, 0.6) is 0 Å². The highest BCUT2D eigenvalue weighted by Crippen LogP contribution is 2.29. The summed E-state index contributed by atoms with van der Waals surface area (Å²) in [6, 6.07) is -0.764. The monoisotopic (exact) mass is 289 g/mol. The number of methoxy groups -OCH3 is 1. The molecule has 1 amide bonds. The van der Waals surface area contributed by atoms with Crippen LogP contribution in [0.1, 0.15) is 48.5 Å². The van der Waals surface area contributed by atoms with Gasteiger partial charge in [0.1, 0.15) is 11.3 Å². The van der Waals surface area contributed by atoms with Crippen LogP contribution in [0.2, 0.25) is 0 Å². The van der Waals surface area contributed by atoms with Gasteiger partial charge in [0.05, 0.1) is 13.7 Å². The van der Waals surface area contributed by atoms with Gasteiger partial charge in [-0.15, -0.1) is 0 Å². The lowest BCUT2D eigenvalue weighted by Gasteiger charge is -2.34. The number of carbonyl (C=O) groups is 2. The quantitative estimate of drug-likeness (QED) is 0.694. The number of hydrogen-bond donors (Lipinski definition) is 0. The summed E-state index contributed by atoms with van der Waals surface area (Å²) in [6.07, 6.45) is -0.583. The number of nitrogens with zero attached hydrogens (tertiary/aromatic N) is 1. The van der Waals surface area contributed by atoms with E-state index in [0.29, 0.717) is 0 Å². The van der Waals surface area contributed by atoms with Crippen molar-refractivity contribution in [1.29, 1.82) is 0 Å². The van der Waals surface area contributed by atoms with Gasteiger partial charge in [0.2, 0.25) is 0 Å². The van der Waals surface area contributed by atoms with E-state index in [1.807, 2.05) is 13.8 Å². The molecule has 20 heavy (non-hydrogen) atoms. The van der Waals surface area contributed by atoms with E-state index in [2.05, 4.69) is 4.74 Å². The molecular weight excluding hydrogens is 262 g/mol. The van der Waals surface area contributed by atoms with Crippen LogP contribution in [0.15, 0.2) is 0 Å². The fourth-order valence-electron chi connectivity index (χ4n) is 1.77. The van der Waals surface area contributed by atoms with Gasteiger partial charge in [-0.3, -0.25) is 4.90 Å². The minimum Gasteiger partial charge on any atom is -0.467 e. The molecule has 1 unspecified atom stereocenters. The summed E-state index contributed by atoms with van der Waals surface area (Å²) in [5.74, 6) is -0.508. The zero-order valence-corrected chi connectivity index (χ0v) is 13.8. The number of carbonyl (C=O) groups excluding carboxylic acids is 2. The number of hydrogen-bond acceptors (Lipinski definition) is 5. The Morgan fingerprint density at radius 3 is 2.15 bits per heavy atom. The van der Waals surface area contributed by atoms with E-state index in [4.69, 9.17) is 9.47 Å². The van der Waals surface area contributed by atoms with Crippen molar-refractivity contribution in [2.75, 3.05) is 13.7 Å². The molecule has 1 atom stereocenters. The Hall–Kier alpha value is -1.30. The van der Waals surface area contributed by atoms with Crippen LogP contribution in [0.25, 0.3) is 0 Å². The third kappa shape index (κ3) is 4.67. The minimum atomic E-state index is -0.888. The molecule has 118 valence electrons. The first-order valence-corrected chi connectivity index (χ1v) is 6.82. The fraction of sp³-hybridized carbons (Fsp3) is 0.857. The van der Waals surface area contributed by atoms with Crippen LogP contribution in [0.3, 0.4) is 0 Å². The summed E-state index contributed by atoms with van der Waals surface area (Å²) in [4.78, 5) is 25.0. The average Bonchev–Trinajstić information content (AvgIpc) is 2.64. The molecule has 1 saturated heterocycles. The molecule has 1 fully saturated rings. The molecule has 0 aromatic carbocycles. The molecule has 0 bridgehead atoms. The normalized spacial score (nSPS) is 20.8. The number of rotatable bonds is 1. The Bertz CT molecular complexity index is 346. The van der Waals surface area contributed by atoms with Crippen molar-refractivity contribution in [2.24, 2.45) is 0 Å². The van der Waals surface area contributed by atoms with Crippen molar-refractivity contribution in [3.8, 4) is 0 Å². The van der Waals surface area contributed by atoms with E-state index >= 15 is 0 Å². The van der Waals surface area contributed by atoms with E-state index in [1.54, 1.807) is 34.6 Å². The van der Waals surface area contributed by atoms with Gasteiger partial charge in [-0.05, 0) is 34.6 Å². The van der Waals surface area contributed by atoms with Gasteiger partial charge in [-0.25, -0.2) is 9.59 Å². The van der Waals surface area contributed by atoms with Crippen LogP contribution in [0.4, 0.5) is 4.79 Å². The zero-order valence-electron chi connectivity index (χ0n) is 13.8. The zero-order chi connectivity index (χ0) is 16.1. The maximum absolute atomic E-state index is 12.1. The number of esters is 1. The second kappa shape index (κ2) is 6.92. The second-order valence-electron chi connectivity index (χ2n) is 5.65. The minimum absolute atomic E-state index is 0.110. The molecule has 0 spiro atoms. The van der Waals surface area contributed by atoms with E-state index in [9.17, 15) is 9.59 Å². The van der Waals surface area contributed by atoms with Crippen LogP contribution in [0, 0.1) is 0 Å². The van der Waals surface area contributed by atoms with Crippen molar-refractivity contribution in [1.82, 2.24) is 4.90 Å². The first-order valence-electron chi connectivity index (χ1n) is 6.82. The lowest BCUT2D eigenvalue weighted by molar-refractivity contribution is -0.146. The summed E-state index contributed by atoms with van der Waals surface area (Å²) in [7, 11) is 1.28. The lowest BCUT2D eigenvalue weighted by Crippen LogP contribution is -2.52. The van der Waals surface area contributed by atoms with Gasteiger partial charge >= 0.3 is 12.1 Å². The largest absolute Gasteiger partial charge is 0.467 e. The second-order valence-corrected chi connectivity index (χ2v) is 5.65. The van der Waals surface area contributed by atoms with Crippen molar-refractivity contribution in [3.63, 3.8) is 0 Å². The van der Waals surface area contributed by atoms with E-state index < -0.39 is 29.4 Å². The molecule has 0 aromatic heterocycles. The average molecular weight is 289 g/mol. The van der Waals surface area contributed by atoms with Gasteiger partial charge in [0, 0.05) is 0 Å². The van der Waals surface area contributed by atoms with Crippen molar-refractivity contribution in [3.05, 3.63) is 0 Å². The molecule has 0 aliphatic carbocycles. The summed E-state index contributed by atoms with van der Waals surface area (Å²) >= 11 is 0. The standard InChI is InChI=1S/C12H21NO5.C2H6/c1-11(2,3)18-10(15)13-8(9(14)16-6)7-17-12(13,4)5;1-2/h8H,7H2,1-6H3;1-2H3. The highest BCUT2D eigenvalue weighted by atomic mass is 16.6. The Labute approximate surface area is 121 Å². The Morgan fingerprint density at radius 1 is 1.25 bits per heavy atom. The van der Waals surface area contributed by atoms with E-state index in [1.165, 1.54) is 12.0 Å². The van der Waals surface area contributed by atoms with Gasteiger partial charge in [0.15, 0.2) is 6.04 Å². The van der Waals surface area contributed by atoms with Gasteiger partial charge in [-0.2, -0.15) is 0 Å². The highest BCUT2D eigenvalue weighted by Gasteiger charge is 2.49. The maximum atomic E-state index is 12.1. The predicted molar refractivity (Wildman–Crippen MR) is 75.3 cm³/mol. The predicted octanol–water partition coefficient (Wildman–Crippen LogP) is 2.56. The maximum Gasteiger partial charge on any atom is 0.413 e. The first-order chi connectivity index (χ1) is 9.08. The van der Waals surface area contributed by atoms with E-state index in [0.717, 1.165) is 0 Å². The number of amides is 1. The molecular formula is C14H27NO5. The van der Waals surface area contributed by atoms with Gasteiger partial charge < -0.3 is 14.2 Å². The fourth-order valence-corrected chi connectivity index (χ4v) is 1.77. The molecule has 6 nitrogen and oxygen atoms in total. The lowest BCUT2D eigenvalue weighted by atomic mass is 10.2. The van der Waals surface area contributed by atoms with Gasteiger partial charge in [0.25, 0.3) is 0 Å². The van der Waals surface area contributed by atoms with Crippen molar-refractivity contribution in [2.45, 2.75) is 65.8 Å². The molecule has 6 heteroatoms. The van der Waals surface area contributed by atoms with E-state index in [-0.39, 0.29) is 6.61 Å². The highest BCUT2D eigenvalue weighted by molar-refractivity contribution is 5.82. The van der Waals surface area contributed by atoms with Crippen molar-refractivity contribution >= 4 is 12.1 Å². The molecule has 0 N–H and O–H groups in total. The van der Waals surface area contributed by atoms with Crippen molar-refractivity contribution < 1.29 is 23.8 Å². The van der Waals surface area contributed by atoms with Crippen LogP contribution >= 0.6 is 0 Å². The van der Waals surface area contributed by atoms with Gasteiger partial charge in [-0.1, -0.05) is 13.8 Å². The number of ether oxygens (including phenoxy) is 3. The summed E-state index contributed by atoms with van der Waals surface area (Å²) in [5.41, 5.74) is -1.52. The third-order valence-electron chi connectivity index (χ3n) is 2.55. The summed E-state index contributed by atoms with van der Waals surface area (Å²) in [5, 5.41) is 0. The smallest absolute Gasteiger partial charge is 0.413 e. The molecule has 1 heterocycles. The molecule has 0 saturated carbocycles. The summed E-state index contributed by atoms with van der Waals surface area (Å²) < 4.78 is 15.4. The topological polar surface area (TPSA) is 65.1 Å².